The Labute approximate surface area is 297 Å². The van der Waals surface area contributed by atoms with Gasteiger partial charge in [0, 0.05) is 46.3 Å². The molecule has 2 heterocycles. The molecule has 2 aliphatic heterocycles. The summed E-state index contributed by atoms with van der Waals surface area (Å²) < 4.78 is 5.85. The van der Waals surface area contributed by atoms with Crippen LogP contribution < -0.4 is 4.74 Å². The number of hydrogen-bond acceptors (Lipinski definition) is 8. The number of carbonyl (C=O) groups is 2. The van der Waals surface area contributed by atoms with Gasteiger partial charge in [0.25, 0.3) is 0 Å². The molecule has 1 saturated heterocycles. The summed E-state index contributed by atoms with van der Waals surface area (Å²) in [6, 6.07) is 22.1. The molecule has 268 valence electrons. The van der Waals surface area contributed by atoms with Gasteiger partial charge in [0.05, 0.1) is 36.7 Å². The van der Waals surface area contributed by atoms with Gasteiger partial charge in [-0.25, -0.2) is 4.79 Å². The monoisotopic (exact) mass is 684 g/mol. The third-order valence-electron chi connectivity index (χ3n) is 8.56. The minimum Gasteiger partial charge on any atom is -0.508 e. The highest BCUT2D eigenvalue weighted by Gasteiger charge is 2.33. The number of amidine groups is 1. The van der Waals surface area contributed by atoms with Gasteiger partial charge in [0.2, 0.25) is 5.91 Å². The number of likely N-dealkylation sites (N-methyl/N-ethyl adjacent to an activating group) is 1. The average Bonchev–Trinajstić information content (AvgIpc) is 3.61. The van der Waals surface area contributed by atoms with Crippen molar-refractivity contribution in [3.05, 3.63) is 89.0 Å². The van der Waals surface area contributed by atoms with Crippen LogP contribution in [0.4, 0.5) is 4.79 Å². The second-order valence-electron chi connectivity index (χ2n) is 12.9. The normalized spacial score (nSPS) is 14.3. The zero-order valence-electron chi connectivity index (χ0n) is 30.5. The Morgan fingerprint density at radius 2 is 1.46 bits per heavy atom. The predicted molar refractivity (Wildman–Crippen MR) is 197 cm³/mol. The fraction of sp³-hybridized carbons (Fsp3) is 0.436. The fourth-order valence-corrected chi connectivity index (χ4v) is 5.15. The van der Waals surface area contributed by atoms with E-state index < -0.39 is 5.41 Å². The highest BCUT2D eigenvalue weighted by atomic mass is 16.5. The number of urea groups is 1. The number of aromatic hydroxyl groups is 2. The molecular formula is C39H52N6O5. The molecule has 1 fully saturated rings. The number of ether oxygens (including phenoxy) is 1. The van der Waals surface area contributed by atoms with Crippen LogP contribution in [-0.2, 0) is 10.2 Å². The highest BCUT2D eigenvalue weighted by Crippen LogP contribution is 2.30. The lowest BCUT2D eigenvalue weighted by atomic mass is 9.85. The molecule has 3 amide bonds. The number of piperazine rings is 1. The van der Waals surface area contributed by atoms with Gasteiger partial charge in [-0.1, -0.05) is 41.5 Å². The zero-order chi connectivity index (χ0) is 36.8. The Balaban J connectivity index is 0.000000342. The first-order chi connectivity index (χ1) is 23.8. The number of benzene rings is 3. The molecule has 50 heavy (non-hydrogen) atoms. The van der Waals surface area contributed by atoms with Crippen molar-refractivity contribution in [3.8, 4) is 23.3 Å². The van der Waals surface area contributed by atoms with Gasteiger partial charge >= 0.3 is 6.03 Å². The second-order valence-corrected chi connectivity index (χ2v) is 12.9. The average molecular weight is 685 g/mol. The number of nitrogens with zero attached hydrogens (tertiary/aromatic N) is 6. The standard InChI is InChI=1S/C25H36N6O3.2C7H8O/c1-6-28(5)22(32)17-29-12-14-30(15-13-29)24(33)31-11-10-27-23(31)20-16-19(25(3,4)18-26)8-9-21(20)34-7-2;2*1-6-2-4-7(8)5-3-6/h8-9,16H,6-7,10-15,17H2,1-5H3;2*2-5,8H,1H3. The summed E-state index contributed by atoms with van der Waals surface area (Å²) in [7, 11) is 1.81. The minimum absolute atomic E-state index is 0.0831. The first-order valence-electron chi connectivity index (χ1n) is 17.1. The summed E-state index contributed by atoms with van der Waals surface area (Å²) in [6.07, 6.45) is 0. The predicted octanol–water partition coefficient (Wildman–Crippen LogP) is 5.57. The molecular weight excluding hydrogens is 632 g/mol. The first kappa shape index (κ1) is 39.4. The molecule has 0 bridgehead atoms. The van der Waals surface area contributed by atoms with Gasteiger partial charge in [-0.05, 0) is 83.5 Å². The summed E-state index contributed by atoms with van der Waals surface area (Å²) in [5.41, 5.74) is 3.25. The lowest BCUT2D eigenvalue weighted by Gasteiger charge is -2.37. The Morgan fingerprint density at radius 1 is 0.900 bits per heavy atom. The Bertz CT molecular complexity index is 1540. The molecule has 3 aromatic carbocycles. The highest BCUT2D eigenvalue weighted by molar-refractivity contribution is 6.10. The fourth-order valence-electron chi connectivity index (χ4n) is 5.15. The lowest BCUT2D eigenvalue weighted by Crippen LogP contribution is -2.55. The third kappa shape index (κ3) is 11.2. The number of phenolic OH excluding ortho intramolecular Hbond substituents is 2. The van der Waals surface area contributed by atoms with E-state index >= 15 is 0 Å². The summed E-state index contributed by atoms with van der Waals surface area (Å²) in [5, 5.41) is 27.1. The maximum atomic E-state index is 13.5. The topological polar surface area (TPSA) is 133 Å². The maximum absolute atomic E-state index is 13.5. The van der Waals surface area contributed by atoms with E-state index in [0.29, 0.717) is 82.0 Å². The van der Waals surface area contributed by atoms with Crippen LogP contribution in [-0.4, -0.2) is 114 Å². The number of aliphatic imine (C=N–C) groups is 1. The van der Waals surface area contributed by atoms with Crippen LogP contribution in [0, 0.1) is 25.2 Å². The smallest absolute Gasteiger partial charge is 0.325 e. The molecule has 3 aromatic rings. The molecule has 0 aliphatic carbocycles. The van der Waals surface area contributed by atoms with Crippen molar-refractivity contribution in [2.45, 2.75) is 47.0 Å². The molecule has 11 heteroatoms. The summed E-state index contributed by atoms with van der Waals surface area (Å²) >= 11 is 0. The van der Waals surface area contributed by atoms with Crippen molar-refractivity contribution in [3.63, 3.8) is 0 Å². The van der Waals surface area contributed by atoms with E-state index in [-0.39, 0.29) is 11.9 Å². The van der Waals surface area contributed by atoms with Gasteiger partial charge in [-0.3, -0.25) is 19.6 Å². The van der Waals surface area contributed by atoms with Crippen molar-refractivity contribution in [2.75, 3.05) is 66.0 Å². The number of nitriles is 1. The Morgan fingerprint density at radius 3 is 1.94 bits per heavy atom. The summed E-state index contributed by atoms with van der Waals surface area (Å²) in [6.45, 7) is 16.6. The van der Waals surface area contributed by atoms with Gasteiger partial charge in [-0.15, -0.1) is 0 Å². The Hall–Kier alpha value is -5.08. The quantitative estimate of drug-likeness (QED) is 0.333. The van der Waals surface area contributed by atoms with E-state index in [4.69, 9.17) is 14.9 Å². The van der Waals surface area contributed by atoms with Gasteiger partial charge in [0.1, 0.15) is 23.1 Å². The lowest BCUT2D eigenvalue weighted by molar-refractivity contribution is -0.131. The SMILES string of the molecule is CCOc1ccc(C(C)(C)C#N)cc1C1=NCCN1C(=O)N1CCN(CC(=O)N(C)CC)CC1.Cc1ccc(O)cc1.Cc1ccc(O)cc1. The van der Waals surface area contributed by atoms with Gasteiger partial charge in [0.15, 0.2) is 0 Å². The summed E-state index contributed by atoms with van der Waals surface area (Å²) in [4.78, 5) is 37.7. The van der Waals surface area contributed by atoms with E-state index in [0.717, 1.165) is 11.1 Å². The van der Waals surface area contributed by atoms with Crippen molar-refractivity contribution in [1.29, 1.82) is 5.26 Å². The number of hydrogen-bond donors (Lipinski definition) is 2. The van der Waals surface area contributed by atoms with Crippen molar-refractivity contribution >= 4 is 17.8 Å². The molecule has 0 unspecified atom stereocenters. The molecule has 0 radical (unpaired) electrons. The zero-order valence-corrected chi connectivity index (χ0v) is 30.5. The van der Waals surface area contributed by atoms with E-state index in [9.17, 15) is 14.9 Å². The molecule has 0 saturated carbocycles. The van der Waals surface area contributed by atoms with E-state index in [1.807, 2.05) is 88.9 Å². The minimum atomic E-state index is -0.674. The molecule has 2 N–H and O–H groups in total. The van der Waals surface area contributed by atoms with E-state index in [2.05, 4.69) is 16.0 Å². The van der Waals surface area contributed by atoms with Crippen molar-refractivity contribution in [1.82, 2.24) is 19.6 Å². The number of amides is 3. The maximum Gasteiger partial charge on any atom is 0.325 e. The molecule has 5 rings (SSSR count). The van der Waals surface area contributed by atoms with Crippen LogP contribution in [0.3, 0.4) is 0 Å². The second kappa shape index (κ2) is 18.6. The molecule has 0 spiro atoms. The van der Waals surface area contributed by atoms with Crippen LogP contribution in [0.15, 0.2) is 71.7 Å². The third-order valence-corrected chi connectivity index (χ3v) is 8.56. The van der Waals surface area contributed by atoms with Crippen molar-refractivity contribution in [2.24, 2.45) is 4.99 Å². The Kier molecular flexibility index (Phi) is 14.7. The molecule has 2 aliphatic rings. The molecule has 11 nitrogen and oxygen atoms in total. The van der Waals surface area contributed by atoms with Gasteiger partial charge < -0.3 is 24.7 Å². The van der Waals surface area contributed by atoms with E-state index in [1.54, 1.807) is 41.1 Å². The number of aryl methyl sites for hydroxylation is 2. The molecule has 0 atom stereocenters. The van der Waals surface area contributed by atoms with Crippen molar-refractivity contribution < 1.29 is 24.5 Å². The number of rotatable bonds is 7. The summed E-state index contributed by atoms with van der Waals surface area (Å²) in [5.74, 6) is 2.00. The van der Waals surface area contributed by atoms with E-state index in [1.165, 1.54) is 11.1 Å². The van der Waals surface area contributed by atoms with Crippen LogP contribution in [0.2, 0.25) is 0 Å². The first-order valence-corrected chi connectivity index (χ1v) is 17.1. The van der Waals surface area contributed by atoms with Gasteiger partial charge in [-0.2, -0.15) is 5.26 Å². The van der Waals surface area contributed by atoms with Crippen LogP contribution in [0.1, 0.15) is 49.9 Å². The number of carbonyl (C=O) groups excluding carboxylic acids is 2. The number of phenols is 2. The molecule has 0 aromatic heterocycles. The largest absolute Gasteiger partial charge is 0.508 e. The van der Waals surface area contributed by atoms with Crippen LogP contribution in [0.25, 0.3) is 0 Å². The van der Waals surface area contributed by atoms with Crippen LogP contribution >= 0.6 is 0 Å². The van der Waals surface area contributed by atoms with Crippen LogP contribution in [0.5, 0.6) is 17.2 Å².